The van der Waals surface area contributed by atoms with E-state index in [0.29, 0.717) is 18.1 Å². The van der Waals surface area contributed by atoms with Gasteiger partial charge in [0.25, 0.3) is 0 Å². The zero-order valence-electron chi connectivity index (χ0n) is 17.2. The van der Waals surface area contributed by atoms with E-state index in [2.05, 4.69) is 20.7 Å². The molecule has 0 amide bonds. The third kappa shape index (κ3) is 6.43. The molecule has 6 heteroatoms. The number of hydrogen-bond donors (Lipinski definition) is 0. The van der Waals surface area contributed by atoms with Crippen molar-refractivity contribution in [1.82, 2.24) is 0 Å². The van der Waals surface area contributed by atoms with Gasteiger partial charge in [0, 0.05) is 4.47 Å². The van der Waals surface area contributed by atoms with Crippen molar-refractivity contribution in [1.29, 1.82) is 0 Å². The molecule has 31 heavy (non-hydrogen) atoms. The molecule has 0 aliphatic rings. The highest BCUT2D eigenvalue weighted by molar-refractivity contribution is 9.10. The molecule has 0 aliphatic carbocycles. The first-order valence-electron chi connectivity index (χ1n) is 9.61. The molecule has 0 atom stereocenters. The molecule has 0 aliphatic heterocycles. The van der Waals surface area contributed by atoms with Gasteiger partial charge < -0.3 is 14.2 Å². The summed E-state index contributed by atoms with van der Waals surface area (Å²) >= 11 is 3.45. The Morgan fingerprint density at radius 1 is 0.968 bits per heavy atom. The van der Waals surface area contributed by atoms with E-state index < -0.39 is 5.97 Å². The minimum Gasteiger partial charge on any atom is -0.489 e. The monoisotopic (exact) mass is 484 g/mol. The fraction of sp³-hybridized carbons (Fsp3) is 0.160. The molecule has 0 unspecified atom stereocenters. The van der Waals surface area contributed by atoms with Crippen molar-refractivity contribution in [2.45, 2.75) is 6.92 Å². The molecular formula is C25H22BrFO4. The molecule has 3 aromatic rings. The Kier molecular flexibility index (Phi) is 7.84. The lowest BCUT2D eigenvalue weighted by Gasteiger charge is -2.12. The summed E-state index contributed by atoms with van der Waals surface area (Å²) in [6.07, 6.45) is 1.97. The lowest BCUT2D eigenvalue weighted by atomic mass is 9.98. The standard InChI is InChI=1S/C25H22BrFO4/c1-17-15-22(11-12-24(17)31-16-25(28)29-2)30-14-13-23(18-3-7-20(26)8-4-18)19-5-9-21(27)10-6-19/h3-13,15H,14,16H2,1-2H3. The molecule has 0 heterocycles. The number of ether oxygens (including phenoxy) is 3. The summed E-state index contributed by atoms with van der Waals surface area (Å²) < 4.78 is 30.3. The Morgan fingerprint density at radius 3 is 2.23 bits per heavy atom. The zero-order valence-corrected chi connectivity index (χ0v) is 18.8. The molecule has 0 aromatic heterocycles. The topological polar surface area (TPSA) is 44.8 Å². The molecule has 4 nitrogen and oxygen atoms in total. The van der Waals surface area contributed by atoms with E-state index in [-0.39, 0.29) is 12.4 Å². The van der Waals surface area contributed by atoms with Crippen molar-refractivity contribution < 1.29 is 23.4 Å². The first-order valence-corrected chi connectivity index (χ1v) is 10.4. The van der Waals surface area contributed by atoms with Crippen LogP contribution in [-0.4, -0.2) is 26.3 Å². The number of hydrogen-bond acceptors (Lipinski definition) is 4. The Balaban J connectivity index is 1.75. The van der Waals surface area contributed by atoms with Gasteiger partial charge >= 0.3 is 5.97 Å². The average Bonchev–Trinajstić information content (AvgIpc) is 2.77. The van der Waals surface area contributed by atoms with Crippen LogP contribution >= 0.6 is 15.9 Å². The van der Waals surface area contributed by atoms with Crippen molar-refractivity contribution >= 4 is 27.5 Å². The van der Waals surface area contributed by atoms with Gasteiger partial charge in [-0.1, -0.05) is 40.2 Å². The molecule has 0 radical (unpaired) electrons. The van der Waals surface area contributed by atoms with E-state index >= 15 is 0 Å². The Labute approximate surface area is 189 Å². The summed E-state index contributed by atoms with van der Waals surface area (Å²) in [5.41, 5.74) is 3.69. The van der Waals surface area contributed by atoms with Crippen molar-refractivity contribution in [3.8, 4) is 11.5 Å². The van der Waals surface area contributed by atoms with Gasteiger partial charge in [0.1, 0.15) is 23.9 Å². The van der Waals surface area contributed by atoms with Gasteiger partial charge in [-0.25, -0.2) is 9.18 Å². The molecule has 160 valence electrons. The normalized spacial score (nSPS) is 11.2. The highest BCUT2D eigenvalue weighted by atomic mass is 79.9. The largest absolute Gasteiger partial charge is 0.489 e. The van der Waals surface area contributed by atoms with Crippen LogP contribution in [0.1, 0.15) is 16.7 Å². The number of methoxy groups -OCH3 is 1. The predicted molar refractivity (Wildman–Crippen MR) is 122 cm³/mol. The lowest BCUT2D eigenvalue weighted by molar-refractivity contribution is -0.142. The van der Waals surface area contributed by atoms with E-state index in [1.807, 2.05) is 43.3 Å². The molecule has 0 saturated carbocycles. The first-order chi connectivity index (χ1) is 15.0. The van der Waals surface area contributed by atoms with Crippen molar-refractivity contribution in [3.63, 3.8) is 0 Å². The maximum absolute atomic E-state index is 13.4. The molecule has 3 aromatic carbocycles. The minimum absolute atomic E-state index is 0.144. The van der Waals surface area contributed by atoms with Crippen LogP contribution in [0.3, 0.4) is 0 Å². The summed E-state index contributed by atoms with van der Waals surface area (Å²) in [5.74, 6) is 0.551. The van der Waals surface area contributed by atoms with Crippen LogP contribution < -0.4 is 9.47 Å². The van der Waals surface area contributed by atoms with E-state index in [1.54, 1.807) is 24.3 Å². The van der Waals surface area contributed by atoms with Gasteiger partial charge in [-0.15, -0.1) is 0 Å². The minimum atomic E-state index is -0.439. The Morgan fingerprint density at radius 2 is 1.61 bits per heavy atom. The Hall–Kier alpha value is -3.12. The van der Waals surface area contributed by atoms with E-state index in [4.69, 9.17) is 9.47 Å². The fourth-order valence-corrected chi connectivity index (χ4v) is 3.22. The lowest BCUT2D eigenvalue weighted by Crippen LogP contribution is -2.13. The van der Waals surface area contributed by atoms with E-state index in [1.165, 1.54) is 19.2 Å². The second kappa shape index (κ2) is 10.8. The van der Waals surface area contributed by atoms with Crippen LogP contribution in [-0.2, 0) is 9.53 Å². The second-order valence-corrected chi connectivity index (χ2v) is 7.65. The summed E-state index contributed by atoms with van der Waals surface area (Å²) in [4.78, 5) is 11.2. The van der Waals surface area contributed by atoms with Crippen molar-refractivity contribution in [2.24, 2.45) is 0 Å². The third-order valence-electron chi connectivity index (χ3n) is 4.57. The molecule has 0 saturated heterocycles. The van der Waals surface area contributed by atoms with Crippen LogP contribution in [0.4, 0.5) is 4.39 Å². The van der Waals surface area contributed by atoms with Crippen LogP contribution in [0.25, 0.3) is 5.57 Å². The number of aryl methyl sites for hydroxylation is 1. The van der Waals surface area contributed by atoms with Gasteiger partial charge in [-0.2, -0.15) is 0 Å². The van der Waals surface area contributed by atoms with Crippen LogP contribution in [0.15, 0.2) is 77.3 Å². The van der Waals surface area contributed by atoms with Gasteiger partial charge in [-0.05, 0) is 77.7 Å². The summed E-state index contributed by atoms with van der Waals surface area (Å²) in [6.45, 7) is 2.06. The number of esters is 1. The van der Waals surface area contributed by atoms with Crippen LogP contribution in [0, 0.1) is 12.7 Å². The van der Waals surface area contributed by atoms with Gasteiger partial charge in [-0.3, -0.25) is 0 Å². The SMILES string of the molecule is COC(=O)COc1ccc(OCC=C(c2ccc(F)cc2)c2ccc(Br)cc2)cc1C. The molecular weight excluding hydrogens is 463 g/mol. The fourth-order valence-electron chi connectivity index (χ4n) is 2.95. The number of carbonyl (C=O) groups excluding carboxylic acids is 1. The van der Waals surface area contributed by atoms with Gasteiger partial charge in [0.15, 0.2) is 6.61 Å². The number of carbonyl (C=O) groups is 1. The summed E-state index contributed by atoms with van der Waals surface area (Å²) in [6, 6.07) is 19.7. The maximum Gasteiger partial charge on any atom is 0.343 e. The van der Waals surface area contributed by atoms with Crippen molar-refractivity contribution in [3.05, 3.63) is 99.8 Å². The average molecular weight is 485 g/mol. The maximum atomic E-state index is 13.4. The molecule has 0 spiro atoms. The summed E-state index contributed by atoms with van der Waals surface area (Å²) in [7, 11) is 1.32. The first kappa shape index (κ1) is 22.6. The second-order valence-electron chi connectivity index (χ2n) is 6.73. The summed E-state index contributed by atoms with van der Waals surface area (Å²) in [5, 5.41) is 0. The van der Waals surface area contributed by atoms with Crippen LogP contribution in [0.2, 0.25) is 0 Å². The molecule has 0 N–H and O–H groups in total. The molecule has 3 rings (SSSR count). The zero-order chi connectivity index (χ0) is 22.2. The van der Waals surface area contributed by atoms with Crippen molar-refractivity contribution in [2.75, 3.05) is 20.3 Å². The van der Waals surface area contributed by atoms with Crippen LogP contribution in [0.5, 0.6) is 11.5 Å². The number of benzene rings is 3. The van der Waals surface area contributed by atoms with E-state index in [9.17, 15) is 9.18 Å². The smallest absolute Gasteiger partial charge is 0.343 e. The molecule has 0 fully saturated rings. The number of halogens is 2. The van der Waals surface area contributed by atoms with Gasteiger partial charge in [0.2, 0.25) is 0 Å². The van der Waals surface area contributed by atoms with E-state index in [0.717, 1.165) is 26.7 Å². The molecule has 0 bridgehead atoms. The Bertz CT molecular complexity index is 1010. The highest BCUT2D eigenvalue weighted by Crippen LogP contribution is 2.27. The number of rotatable bonds is 8. The predicted octanol–water partition coefficient (Wildman–Crippen LogP) is 5.96. The quantitative estimate of drug-likeness (QED) is 0.370. The highest BCUT2D eigenvalue weighted by Gasteiger charge is 2.08. The van der Waals surface area contributed by atoms with Gasteiger partial charge in [0.05, 0.1) is 7.11 Å². The third-order valence-corrected chi connectivity index (χ3v) is 5.10.